The van der Waals surface area contributed by atoms with E-state index >= 15 is 0 Å². The first-order valence-corrected chi connectivity index (χ1v) is 13.3. The molecule has 0 amide bonds. The van der Waals surface area contributed by atoms with E-state index in [4.69, 9.17) is 0 Å². The molecular weight excluding hydrogens is 485 g/mol. The minimum Gasteiger partial charge on any atom is -1.00 e. The molecule has 0 aromatic heterocycles. The first kappa shape index (κ1) is 30.6. The molecule has 6 heteroatoms. The maximum Gasteiger partial charge on any atom is 1.00 e. The Kier molecular flexibility index (Phi) is 10.8. The number of rotatable bonds is 10. The smallest absolute Gasteiger partial charge is 1.00 e. The summed E-state index contributed by atoms with van der Waals surface area (Å²) in [6.45, 7) is 6.11. The van der Waals surface area contributed by atoms with E-state index in [0.29, 0.717) is 6.42 Å². The normalized spacial score (nSPS) is 16.0. The Balaban J connectivity index is 0.00000267. The Hall–Kier alpha value is -1.99. The Labute approximate surface area is 250 Å². The van der Waals surface area contributed by atoms with Gasteiger partial charge in [-0.05, 0) is 87.3 Å². The monoisotopic (exact) mass is 525 g/mol. The van der Waals surface area contributed by atoms with Gasteiger partial charge in [-0.2, -0.15) is 0 Å². The van der Waals surface area contributed by atoms with Crippen molar-refractivity contribution in [2.45, 2.75) is 56.7 Å². The molecule has 1 aliphatic heterocycles. The molecule has 1 atom stereocenters. The van der Waals surface area contributed by atoms with Gasteiger partial charge in [0.15, 0.2) is 0 Å². The van der Waals surface area contributed by atoms with E-state index in [2.05, 4.69) is 4.90 Å². The van der Waals surface area contributed by atoms with Gasteiger partial charge in [0.05, 0.1) is 11.5 Å². The molecule has 1 fully saturated rings. The largest absolute Gasteiger partial charge is 1.00 e. The second-order valence-electron chi connectivity index (χ2n) is 10.8. The summed E-state index contributed by atoms with van der Waals surface area (Å²) in [6.07, 6.45) is 2.77. The van der Waals surface area contributed by atoms with Gasteiger partial charge < -0.3 is 21.6 Å². The Morgan fingerprint density at radius 1 is 0.895 bits per heavy atom. The molecule has 0 radical (unpaired) electrons. The van der Waals surface area contributed by atoms with Gasteiger partial charge in [-0.15, -0.1) is 0 Å². The van der Waals surface area contributed by atoms with Gasteiger partial charge in [0.25, 0.3) is 0 Å². The summed E-state index contributed by atoms with van der Waals surface area (Å²) in [6, 6.07) is 27.3. The molecular formula is C32H40NNaO4. The predicted molar refractivity (Wildman–Crippen MR) is 147 cm³/mol. The van der Waals surface area contributed by atoms with Crippen molar-refractivity contribution in [3.63, 3.8) is 0 Å². The number of aliphatic hydroxyl groups excluding tert-OH is 1. The fraction of sp³-hybridized carbons (Fsp3) is 0.406. The average molecular weight is 526 g/mol. The second-order valence-corrected chi connectivity index (χ2v) is 10.8. The van der Waals surface area contributed by atoms with Crippen molar-refractivity contribution in [1.29, 1.82) is 0 Å². The standard InChI is InChI=1S/C32H39NO4.Na.H/c1-31(2,30(35)36)25-17-15-24(16-18-25)29(34)14-9-21-33-22-19-28(20-23-33)32(37,26-10-5-3-6-11-26)27-12-7-4-8-13-27;;/h3-8,10-13,15-18,28-29,34,37H,9,14,19-23H2,1-2H3,(H,35,36);;/q;+1;-1/t29-;;/m0../s1. The summed E-state index contributed by atoms with van der Waals surface area (Å²) >= 11 is 0. The van der Waals surface area contributed by atoms with E-state index in [-0.39, 0.29) is 36.9 Å². The zero-order valence-electron chi connectivity index (χ0n) is 23.9. The van der Waals surface area contributed by atoms with Crippen molar-refractivity contribution in [2.24, 2.45) is 5.92 Å². The third-order valence-electron chi connectivity index (χ3n) is 8.11. The number of hydrogen-bond donors (Lipinski definition) is 3. The van der Waals surface area contributed by atoms with Gasteiger partial charge in [0, 0.05) is 0 Å². The summed E-state index contributed by atoms with van der Waals surface area (Å²) < 4.78 is 0. The van der Waals surface area contributed by atoms with Crippen LogP contribution in [0.1, 0.15) is 69.3 Å². The molecule has 0 spiro atoms. The van der Waals surface area contributed by atoms with Gasteiger partial charge in [0.2, 0.25) is 0 Å². The number of carboxylic acids is 1. The summed E-state index contributed by atoms with van der Waals surface area (Å²) in [5.41, 5.74) is 1.47. The fourth-order valence-electron chi connectivity index (χ4n) is 5.52. The molecule has 3 aromatic carbocycles. The summed E-state index contributed by atoms with van der Waals surface area (Å²) in [5.74, 6) is -0.733. The van der Waals surface area contributed by atoms with Crippen LogP contribution < -0.4 is 29.6 Å². The SMILES string of the molecule is CC(C)(C(=O)O)c1ccc([C@@H](O)CCCN2CCC(C(O)(c3ccccc3)c3ccccc3)CC2)cc1.[H-].[Na+]. The molecule has 0 bridgehead atoms. The quantitative estimate of drug-likeness (QED) is 0.355. The van der Waals surface area contributed by atoms with Gasteiger partial charge in [-0.25, -0.2) is 0 Å². The minimum atomic E-state index is -1.01. The molecule has 4 rings (SSSR count). The van der Waals surface area contributed by atoms with Gasteiger partial charge >= 0.3 is 35.5 Å². The van der Waals surface area contributed by atoms with Crippen LogP contribution in [0.3, 0.4) is 0 Å². The number of aliphatic hydroxyl groups is 2. The van der Waals surface area contributed by atoms with E-state index in [1.807, 2.05) is 72.8 Å². The number of carboxylic acid groups (broad SMARTS) is 1. The van der Waals surface area contributed by atoms with Crippen LogP contribution in [0.2, 0.25) is 0 Å². The average Bonchev–Trinajstić information content (AvgIpc) is 2.94. The van der Waals surface area contributed by atoms with Crippen LogP contribution in [0, 0.1) is 5.92 Å². The number of likely N-dealkylation sites (tertiary alicyclic amines) is 1. The van der Waals surface area contributed by atoms with E-state index in [1.54, 1.807) is 26.0 Å². The van der Waals surface area contributed by atoms with Crippen molar-refractivity contribution >= 4 is 5.97 Å². The molecule has 5 nitrogen and oxygen atoms in total. The van der Waals surface area contributed by atoms with Gasteiger partial charge in [0.1, 0.15) is 5.60 Å². The first-order valence-electron chi connectivity index (χ1n) is 13.3. The Morgan fingerprint density at radius 3 is 1.87 bits per heavy atom. The summed E-state index contributed by atoms with van der Waals surface area (Å²) in [7, 11) is 0. The molecule has 0 saturated carbocycles. The fourth-order valence-corrected chi connectivity index (χ4v) is 5.52. The van der Waals surface area contributed by atoms with Crippen molar-refractivity contribution in [1.82, 2.24) is 4.90 Å². The zero-order valence-corrected chi connectivity index (χ0v) is 24.9. The van der Waals surface area contributed by atoms with Crippen LogP contribution >= 0.6 is 0 Å². The first-order chi connectivity index (χ1) is 17.7. The topological polar surface area (TPSA) is 81.0 Å². The van der Waals surface area contributed by atoms with E-state index in [9.17, 15) is 20.1 Å². The third kappa shape index (κ3) is 6.77. The van der Waals surface area contributed by atoms with Crippen molar-refractivity contribution in [2.75, 3.05) is 19.6 Å². The van der Waals surface area contributed by atoms with Crippen LogP contribution in [0.4, 0.5) is 0 Å². The maximum atomic E-state index is 12.1. The summed E-state index contributed by atoms with van der Waals surface area (Å²) in [4.78, 5) is 13.9. The van der Waals surface area contributed by atoms with Crippen molar-refractivity contribution in [3.05, 3.63) is 107 Å². The van der Waals surface area contributed by atoms with E-state index < -0.39 is 23.1 Å². The van der Waals surface area contributed by atoms with E-state index in [1.165, 1.54) is 0 Å². The molecule has 1 aliphatic rings. The van der Waals surface area contributed by atoms with Crippen LogP contribution in [-0.4, -0.2) is 45.8 Å². The molecule has 38 heavy (non-hydrogen) atoms. The van der Waals surface area contributed by atoms with Crippen LogP contribution in [0.25, 0.3) is 0 Å². The number of nitrogens with zero attached hydrogens (tertiary/aromatic N) is 1. The van der Waals surface area contributed by atoms with Crippen LogP contribution in [0.5, 0.6) is 0 Å². The molecule has 1 saturated heterocycles. The molecule has 3 aromatic rings. The van der Waals surface area contributed by atoms with Crippen LogP contribution in [0.15, 0.2) is 84.9 Å². The molecule has 0 unspecified atom stereocenters. The third-order valence-corrected chi connectivity index (χ3v) is 8.11. The molecule has 1 heterocycles. The predicted octanol–water partition coefficient (Wildman–Crippen LogP) is 2.63. The number of aliphatic carboxylic acids is 1. The van der Waals surface area contributed by atoms with E-state index in [0.717, 1.165) is 61.2 Å². The van der Waals surface area contributed by atoms with Crippen molar-refractivity contribution in [3.8, 4) is 0 Å². The minimum absolute atomic E-state index is 0. The molecule has 0 aliphatic carbocycles. The zero-order chi connectivity index (χ0) is 26.5. The Morgan fingerprint density at radius 2 is 1.39 bits per heavy atom. The number of hydrogen-bond acceptors (Lipinski definition) is 4. The molecule has 198 valence electrons. The van der Waals surface area contributed by atoms with Crippen LogP contribution in [-0.2, 0) is 15.8 Å². The number of piperidine rings is 1. The number of carbonyl (C=O) groups is 1. The van der Waals surface area contributed by atoms with Gasteiger partial charge in [-0.3, -0.25) is 4.79 Å². The van der Waals surface area contributed by atoms with Crippen molar-refractivity contribution < 1.29 is 51.1 Å². The number of benzene rings is 3. The summed E-state index contributed by atoms with van der Waals surface area (Å²) in [5, 5.41) is 32.2. The maximum absolute atomic E-state index is 12.1. The second kappa shape index (κ2) is 13.4. The molecule has 3 N–H and O–H groups in total. The Bertz CT molecular complexity index is 1110. The van der Waals surface area contributed by atoms with Gasteiger partial charge in [-0.1, -0.05) is 84.9 Å².